The molecule has 0 aliphatic heterocycles. The normalized spacial score (nSPS) is 10.4. The van der Waals surface area contributed by atoms with Gasteiger partial charge >= 0.3 is 0 Å². The zero-order chi connectivity index (χ0) is 6.97. The number of rotatable bonds is 0. The average molecular weight is 152 g/mol. The van der Waals surface area contributed by atoms with Gasteiger partial charge in [-0.25, -0.2) is 14.5 Å². The van der Waals surface area contributed by atoms with Gasteiger partial charge in [0.05, 0.1) is 6.20 Å². The maximum absolute atomic E-state index is 4.92. The van der Waals surface area contributed by atoms with Crippen LogP contribution in [0.3, 0.4) is 0 Å². The van der Waals surface area contributed by atoms with Crippen LogP contribution in [0.25, 0.3) is 5.52 Å². The van der Waals surface area contributed by atoms with Gasteiger partial charge in [0.2, 0.25) is 0 Å². The number of hydrogen-bond donors (Lipinski definition) is 1. The summed E-state index contributed by atoms with van der Waals surface area (Å²) in [7, 11) is 0. The zero-order valence-electron chi connectivity index (χ0n) is 4.98. The van der Waals surface area contributed by atoms with Crippen molar-refractivity contribution in [1.82, 2.24) is 19.6 Å². The summed E-state index contributed by atoms with van der Waals surface area (Å²) in [6.07, 6.45) is 4.86. The average Bonchev–Trinajstić information content (AvgIpc) is 2.36. The van der Waals surface area contributed by atoms with Crippen LogP contribution in [0.1, 0.15) is 0 Å². The Kier molecular flexibility index (Phi) is 1.04. The summed E-state index contributed by atoms with van der Waals surface area (Å²) in [6, 6.07) is 0. The lowest BCUT2D eigenvalue weighted by Gasteiger charge is -1.89. The number of hydrogen-bond acceptors (Lipinski definition) is 3. The summed E-state index contributed by atoms with van der Waals surface area (Å²) in [6.45, 7) is 0. The molecule has 10 heavy (non-hydrogen) atoms. The molecule has 0 radical (unpaired) electrons. The molecular weight excluding hydrogens is 148 g/mol. The predicted molar refractivity (Wildman–Crippen MR) is 38.2 cm³/mol. The van der Waals surface area contributed by atoms with Gasteiger partial charge in [-0.2, -0.15) is 0 Å². The van der Waals surface area contributed by atoms with E-state index < -0.39 is 0 Å². The van der Waals surface area contributed by atoms with E-state index in [2.05, 4.69) is 15.1 Å². The van der Waals surface area contributed by atoms with Crippen molar-refractivity contribution in [3.05, 3.63) is 23.5 Å². The fourth-order valence-electron chi connectivity index (χ4n) is 0.772. The van der Waals surface area contributed by atoms with E-state index in [4.69, 9.17) is 12.2 Å². The lowest BCUT2D eigenvalue weighted by molar-refractivity contribution is 0.888. The summed E-state index contributed by atoms with van der Waals surface area (Å²) in [4.78, 5) is 7.77. The number of H-pyrrole nitrogens is 1. The van der Waals surface area contributed by atoms with Crippen LogP contribution >= 0.6 is 12.2 Å². The van der Waals surface area contributed by atoms with Crippen molar-refractivity contribution in [3.63, 3.8) is 0 Å². The van der Waals surface area contributed by atoms with Crippen molar-refractivity contribution in [2.45, 2.75) is 0 Å². The van der Waals surface area contributed by atoms with Crippen LogP contribution in [0.4, 0.5) is 0 Å². The van der Waals surface area contributed by atoms with Gasteiger partial charge in [-0.15, -0.1) is 0 Å². The van der Waals surface area contributed by atoms with E-state index in [0.29, 0.717) is 4.64 Å². The van der Waals surface area contributed by atoms with Gasteiger partial charge in [-0.3, -0.25) is 5.10 Å². The maximum atomic E-state index is 4.92. The molecule has 0 bridgehead atoms. The molecule has 0 saturated carbocycles. The maximum Gasteiger partial charge on any atom is 0.155 e. The first-order chi connectivity index (χ1) is 4.88. The monoisotopic (exact) mass is 152 g/mol. The van der Waals surface area contributed by atoms with Crippen molar-refractivity contribution in [2.24, 2.45) is 0 Å². The molecule has 2 rings (SSSR count). The second-order valence-electron chi connectivity index (χ2n) is 1.84. The molecule has 50 valence electrons. The second kappa shape index (κ2) is 1.88. The van der Waals surface area contributed by atoms with Crippen LogP contribution in [0.5, 0.6) is 0 Å². The standard InChI is InChI=1S/C5H4N4S/c10-5-4-1-6-3-9(4)8-2-7-5/h1-3H,(H,7,8,10). The first-order valence-corrected chi connectivity index (χ1v) is 3.14. The van der Waals surface area contributed by atoms with Gasteiger partial charge in [0.1, 0.15) is 18.2 Å². The van der Waals surface area contributed by atoms with Crippen LogP contribution in [-0.2, 0) is 0 Å². The van der Waals surface area contributed by atoms with Crippen LogP contribution in [-0.4, -0.2) is 19.6 Å². The first-order valence-electron chi connectivity index (χ1n) is 2.74. The molecular formula is C5H4N4S. The molecule has 2 aromatic heterocycles. The Morgan fingerprint density at radius 3 is 3.30 bits per heavy atom. The number of aromatic nitrogens is 4. The minimum atomic E-state index is 0.566. The number of imidazole rings is 1. The molecule has 2 aromatic rings. The third-order valence-corrected chi connectivity index (χ3v) is 1.55. The minimum absolute atomic E-state index is 0.566. The Hall–Kier alpha value is -1.23. The Labute approximate surface area is 61.5 Å². The van der Waals surface area contributed by atoms with Gasteiger partial charge in [0.15, 0.2) is 4.64 Å². The molecule has 5 heteroatoms. The fourth-order valence-corrected chi connectivity index (χ4v) is 0.976. The number of aromatic amines is 1. The molecule has 0 aromatic carbocycles. The van der Waals surface area contributed by atoms with E-state index >= 15 is 0 Å². The molecule has 0 spiro atoms. The van der Waals surface area contributed by atoms with Gasteiger partial charge in [0, 0.05) is 0 Å². The van der Waals surface area contributed by atoms with E-state index in [0.717, 1.165) is 5.52 Å². The summed E-state index contributed by atoms with van der Waals surface area (Å²) < 4.78 is 2.28. The van der Waals surface area contributed by atoms with Gasteiger partial charge in [0.25, 0.3) is 0 Å². The third-order valence-electron chi connectivity index (χ3n) is 1.24. The molecule has 0 fully saturated rings. The Balaban J connectivity index is 3.09. The Morgan fingerprint density at radius 1 is 1.60 bits per heavy atom. The molecule has 0 aliphatic rings. The second-order valence-corrected chi connectivity index (χ2v) is 2.23. The van der Waals surface area contributed by atoms with Gasteiger partial charge < -0.3 is 0 Å². The van der Waals surface area contributed by atoms with E-state index in [1.54, 1.807) is 17.0 Å². The quantitative estimate of drug-likeness (QED) is 0.567. The van der Waals surface area contributed by atoms with E-state index in [1.165, 1.54) is 6.33 Å². The van der Waals surface area contributed by atoms with Crippen molar-refractivity contribution in [3.8, 4) is 0 Å². The predicted octanol–water partition coefficient (Wildman–Crippen LogP) is 0.787. The molecule has 2 heterocycles. The Bertz CT molecular complexity index is 401. The number of nitrogens with zero attached hydrogens (tertiary/aromatic N) is 3. The number of nitrogens with one attached hydrogen (secondary N) is 1. The third kappa shape index (κ3) is 0.640. The molecule has 0 atom stereocenters. The van der Waals surface area contributed by atoms with Gasteiger partial charge in [-0.1, -0.05) is 12.2 Å². The molecule has 0 amide bonds. The Morgan fingerprint density at radius 2 is 2.50 bits per heavy atom. The molecule has 0 unspecified atom stereocenters. The van der Waals surface area contributed by atoms with Gasteiger partial charge in [-0.05, 0) is 0 Å². The smallest absolute Gasteiger partial charge is 0.155 e. The van der Waals surface area contributed by atoms with E-state index in [9.17, 15) is 0 Å². The minimum Gasteiger partial charge on any atom is -0.282 e. The highest BCUT2D eigenvalue weighted by molar-refractivity contribution is 7.71. The lowest BCUT2D eigenvalue weighted by atomic mass is 10.6. The summed E-state index contributed by atoms with van der Waals surface area (Å²) in [5.41, 5.74) is 0.831. The zero-order valence-corrected chi connectivity index (χ0v) is 5.80. The highest BCUT2D eigenvalue weighted by Crippen LogP contribution is 1.97. The highest BCUT2D eigenvalue weighted by atomic mass is 32.1. The largest absolute Gasteiger partial charge is 0.282 e. The van der Waals surface area contributed by atoms with E-state index in [1.807, 2.05) is 0 Å². The van der Waals surface area contributed by atoms with Crippen LogP contribution in [0.15, 0.2) is 18.9 Å². The van der Waals surface area contributed by atoms with Crippen LogP contribution in [0.2, 0.25) is 0 Å². The molecule has 4 nitrogen and oxygen atoms in total. The summed E-state index contributed by atoms with van der Waals surface area (Å²) in [5, 5.41) is 2.85. The number of fused-ring (bicyclic) bond motifs is 1. The van der Waals surface area contributed by atoms with Crippen molar-refractivity contribution in [1.29, 1.82) is 0 Å². The topological polar surface area (TPSA) is 46.0 Å². The van der Waals surface area contributed by atoms with Crippen LogP contribution in [0, 0.1) is 4.64 Å². The van der Waals surface area contributed by atoms with Crippen molar-refractivity contribution >= 4 is 17.7 Å². The first kappa shape index (κ1) is 5.55. The van der Waals surface area contributed by atoms with Crippen molar-refractivity contribution in [2.75, 3.05) is 0 Å². The lowest BCUT2D eigenvalue weighted by Crippen LogP contribution is -1.89. The van der Waals surface area contributed by atoms with Crippen LogP contribution < -0.4 is 0 Å². The fraction of sp³-hybridized carbons (Fsp3) is 0. The molecule has 0 aliphatic carbocycles. The summed E-state index contributed by atoms with van der Waals surface area (Å²) >= 11 is 4.92. The molecule has 0 saturated heterocycles. The molecule has 1 N–H and O–H groups in total. The van der Waals surface area contributed by atoms with E-state index in [-0.39, 0.29) is 0 Å². The van der Waals surface area contributed by atoms with Crippen molar-refractivity contribution < 1.29 is 0 Å². The summed E-state index contributed by atoms with van der Waals surface area (Å²) in [5.74, 6) is 0. The highest BCUT2D eigenvalue weighted by Gasteiger charge is 1.91. The SMILES string of the molecule is S=c1nc[nH]n2cncc12.